The number of carbonyl (C=O) groups excluding carboxylic acids is 2. The Bertz CT molecular complexity index is 679. The first-order valence-corrected chi connectivity index (χ1v) is 7.77. The number of hydrogen-bond acceptors (Lipinski definition) is 2. The minimum atomic E-state index is -0.536. The van der Waals surface area contributed by atoms with Gasteiger partial charge in [0.2, 0.25) is 11.8 Å². The Kier molecular flexibility index (Phi) is 2.76. The summed E-state index contributed by atoms with van der Waals surface area (Å²) >= 11 is 12.0. The Labute approximate surface area is 132 Å². The number of halogens is 2. The molecule has 1 spiro atoms. The van der Waals surface area contributed by atoms with E-state index in [4.69, 9.17) is 23.2 Å². The fourth-order valence-corrected chi connectivity index (χ4v) is 4.61. The second-order valence-corrected chi connectivity index (χ2v) is 7.06. The average Bonchev–Trinajstić information content (AvgIpc) is 3.03. The van der Waals surface area contributed by atoms with Gasteiger partial charge in [-0.05, 0) is 42.9 Å². The molecule has 0 N–H and O–H groups in total. The number of fused-ring (bicyclic) bond motifs is 3. The van der Waals surface area contributed by atoms with Gasteiger partial charge in [0.05, 0.1) is 11.1 Å². The van der Waals surface area contributed by atoms with Crippen LogP contribution in [0.1, 0.15) is 19.3 Å². The Morgan fingerprint density at radius 3 is 2.38 bits per heavy atom. The number of benzene rings is 1. The van der Waals surface area contributed by atoms with E-state index in [-0.39, 0.29) is 17.7 Å². The van der Waals surface area contributed by atoms with E-state index in [9.17, 15) is 9.59 Å². The summed E-state index contributed by atoms with van der Waals surface area (Å²) in [7, 11) is 0. The fourth-order valence-electron chi connectivity index (χ4n) is 4.09. The van der Waals surface area contributed by atoms with Gasteiger partial charge in [-0.15, -0.1) is 0 Å². The number of allylic oxidation sites excluding steroid dienone is 2. The van der Waals surface area contributed by atoms with Crippen LogP contribution in [0.15, 0.2) is 30.4 Å². The van der Waals surface area contributed by atoms with Crippen molar-refractivity contribution in [2.24, 2.45) is 17.3 Å². The van der Waals surface area contributed by atoms with E-state index in [1.54, 1.807) is 18.2 Å². The van der Waals surface area contributed by atoms with Gasteiger partial charge in [0.15, 0.2) is 0 Å². The standard InChI is InChI=1S/C16H13Cl2NO2/c17-11-4-12(18)6-13(5-11)19-14(20)8-16(15(19)21)7-9-1-2-10(16)3-9/h1-2,4-6,9-10H,3,7-8H2/t9-,10+,16+/m1/s1. The number of amides is 2. The van der Waals surface area contributed by atoms with Gasteiger partial charge in [-0.3, -0.25) is 9.59 Å². The van der Waals surface area contributed by atoms with Crippen LogP contribution in [0.2, 0.25) is 10.0 Å². The topological polar surface area (TPSA) is 37.4 Å². The van der Waals surface area contributed by atoms with Crippen molar-refractivity contribution in [2.45, 2.75) is 19.3 Å². The third-order valence-electron chi connectivity index (χ3n) is 4.96. The molecule has 108 valence electrons. The fraction of sp³-hybridized carbons (Fsp3) is 0.375. The monoisotopic (exact) mass is 321 g/mol. The lowest BCUT2D eigenvalue weighted by Gasteiger charge is -2.28. The summed E-state index contributed by atoms with van der Waals surface area (Å²) in [4.78, 5) is 26.6. The lowest BCUT2D eigenvalue weighted by molar-refractivity contribution is -0.126. The molecule has 21 heavy (non-hydrogen) atoms. The normalized spacial score (nSPS) is 33.7. The van der Waals surface area contributed by atoms with Crippen LogP contribution in [0.25, 0.3) is 0 Å². The van der Waals surface area contributed by atoms with Crippen LogP contribution in [-0.2, 0) is 9.59 Å². The summed E-state index contributed by atoms with van der Waals surface area (Å²) < 4.78 is 0. The highest BCUT2D eigenvalue weighted by Gasteiger charge is 2.60. The molecule has 3 aliphatic rings. The van der Waals surface area contributed by atoms with Crippen LogP contribution in [0.5, 0.6) is 0 Å². The Balaban J connectivity index is 1.76. The molecule has 4 rings (SSSR count). The largest absolute Gasteiger partial charge is 0.274 e. The molecule has 0 radical (unpaired) electrons. The van der Waals surface area contributed by atoms with Gasteiger partial charge < -0.3 is 0 Å². The van der Waals surface area contributed by atoms with Gasteiger partial charge in [-0.25, -0.2) is 4.90 Å². The van der Waals surface area contributed by atoms with E-state index in [0.717, 1.165) is 12.8 Å². The zero-order chi connectivity index (χ0) is 14.8. The molecule has 2 aliphatic carbocycles. The third kappa shape index (κ3) is 1.80. The number of hydrogen-bond donors (Lipinski definition) is 0. The van der Waals surface area contributed by atoms with E-state index in [0.29, 0.717) is 28.1 Å². The third-order valence-corrected chi connectivity index (χ3v) is 5.40. The van der Waals surface area contributed by atoms with Crippen LogP contribution >= 0.6 is 23.2 Å². The number of imide groups is 1. The molecule has 1 saturated heterocycles. The first kappa shape index (κ1) is 13.4. The van der Waals surface area contributed by atoms with E-state index >= 15 is 0 Å². The summed E-state index contributed by atoms with van der Waals surface area (Å²) in [5.74, 6) is 0.384. The van der Waals surface area contributed by atoms with Crippen molar-refractivity contribution < 1.29 is 9.59 Å². The van der Waals surface area contributed by atoms with Gasteiger partial charge in [-0.1, -0.05) is 35.4 Å². The quantitative estimate of drug-likeness (QED) is 0.582. The molecule has 2 fully saturated rings. The number of nitrogens with zero attached hydrogens (tertiary/aromatic N) is 1. The van der Waals surface area contributed by atoms with E-state index in [1.165, 1.54) is 4.90 Å². The molecule has 3 nitrogen and oxygen atoms in total. The molecule has 2 amide bonds. The van der Waals surface area contributed by atoms with Crippen LogP contribution < -0.4 is 4.90 Å². The lowest BCUT2D eigenvalue weighted by atomic mass is 9.74. The SMILES string of the molecule is O=C1C[C@]2(C[C@@H]3C=C[C@H]2C3)C(=O)N1c1cc(Cl)cc(Cl)c1. The smallest absolute Gasteiger partial charge is 0.241 e. The summed E-state index contributed by atoms with van der Waals surface area (Å²) in [6.07, 6.45) is 6.34. The lowest BCUT2D eigenvalue weighted by Crippen LogP contribution is -2.38. The highest BCUT2D eigenvalue weighted by atomic mass is 35.5. The molecule has 0 aromatic heterocycles. The summed E-state index contributed by atoms with van der Waals surface area (Å²) in [6, 6.07) is 4.82. The molecule has 0 unspecified atom stereocenters. The molecule has 1 heterocycles. The van der Waals surface area contributed by atoms with Crippen LogP contribution in [0.3, 0.4) is 0 Å². The van der Waals surface area contributed by atoms with Crippen LogP contribution in [0, 0.1) is 17.3 Å². The molecular formula is C16H13Cl2NO2. The van der Waals surface area contributed by atoms with Gasteiger partial charge in [-0.2, -0.15) is 0 Å². The zero-order valence-electron chi connectivity index (χ0n) is 11.2. The van der Waals surface area contributed by atoms with Gasteiger partial charge >= 0.3 is 0 Å². The molecule has 3 atom stereocenters. The molecule has 1 saturated carbocycles. The summed E-state index contributed by atoms with van der Waals surface area (Å²) in [5.41, 5.74) is -0.0585. The van der Waals surface area contributed by atoms with Gasteiger partial charge in [0.25, 0.3) is 0 Å². The highest BCUT2D eigenvalue weighted by Crippen LogP contribution is 2.58. The van der Waals surface area contributed by atoms with Crippen molar-refractivity contribution in [1.29, 1.82) is 0 Å². The summed E-state index contributed by atoms with van der Waals surface area (Å²) in [5, 5.41) is 0.846. The van der Waals surface area contributed by atoms with Crippen molar-refractivity contribution in [2.75, 3.05) is 4.90 Å². The molecule has 1 aliphatic heterocycles. The Morgan fingerprint density at radius 1 is 1.10 bits per heavy atom. The molecule has 1 aromatic rings. The second-order valence-electron chi connectivity index (χ2n) is 6.19. The van der Waals surface area contributed by atoms with E-state index in [1.807, 2.05) is 0 Å². The maximum atomic E-state index is 12.9. The van der Waals surface area contributed by atoms with Crippen LogP contribution in [0.4, 0.5) is 5.69 Å². The van der Waals surface area contributed by atoms with Crippen molar-refractivity contribution in [1.82, 2.24) is 0 Å². The van der Waals surface area contributed by atoms with Crippen molar-refractivity contribution in [3.63, 3.8) is 0 Å². The first-order chi connectivity index (χ1) is 9.99. The average molecular weight is 322 g/mol. The maximum absolute atomic E-state index is 12.9. The van der Waals surface area contributed by atoms with Crippen molar-refractivity contribution >= 4 is 40.7 Å². The van der Waals surface area contributed by atoms with Crippen molar-refractivity contribution in [3.05, 3.63) is 40.4 Å². The predicted octanol–water partition coefficient (Wildman–Crippen LogP) is 3.84. The second kappa shape index (κ2) is 4.34. The minimum Gasteiger partial charge on any atom is -0.274 e. The molecule has 5 heteroatoms. The van der Waals surface area contributed by atoms with E-state index < -0.39 is 5.41 Å². The van der Waals surface area contributed by atoms with E-state index in [2.05, 4.69) is 12.2 Å². The maximum Gasteiger partial charge on any atom is 0.241 e. The van der Waals surface area contributed by atoms with Crippen LogP contribution in [-0.4, -0.2) is 11.8 Å². The number of rotatable bonds is 1. The predicted molar refractivity (Wildman–Crippen MR) is 81.4 cm³/mol. The minimum absolute atomic E-state index is 0.0947. The van der Waals surface area contributed by atoms with Gasteiger partial charge in [0, 0.05) is 16.5 Å². The Morgan fingerprint density at radius 2 is 1.81 bits per heavy atom. The summed E-state index contributed by atoms with van der Waals surface area (Å²) in [6.45, 7) is 0. The number of carbonyl (C=O) groups is 2. The van der Waals surface area contributed by atoms with Gasteiger partial charge in [0.1, 0.15) is 0 Å². The zero-order valence-corrected chi connectivity index (χ0v) is 12.7. The number of anilines is 1. The molecule has 1 aromatic carbocycles. The Hall–Kier alpha value is -1.32. The van der Waals surface area contributed by atoms with Crippen molar-refractivity contribution in [3.8, 4) is 0 Å². The molecule has 2 bridgehead atoms. The first-order valence-electron chi connectivity index (χ1n) is 7.01. The highest BCUT2D eigenvalue weighted by molar-refractivity contribution is 6.35. The molecular weight excluding hydrogens is 309 g/mol.